The van der Waals surface area contributed by atoms with E-state index in [1.165, 1.54) is 16.0 Å². The molecule has 1 saturated heterocycles. The quantitative estimate of drug-likeness (QED) is 0.584. The molecule has 3 heterocycles. The molecule has 0 bridgehead atoms. The second kappa shape index (κ2) is 8.73. The lowest BCUT2D eigenvalue weighted by molar-refractivity contribution is -0.137. The van der Waals surface area contributed by atoms with Gasteiger partial charge < -0.3 is 4.74 Å². The molecule has 8 heteroatoms. The molecular formula is C22H25F3N4O. The van der Waals surface area contributed by atoms with Crippen LogP contribution >= 0.6 is 0 Å². The van der Waals surface area contributed by atoms with E-state index in [2.05, 4.69) is 27.2 Å². The van der Waals surface area contributed by atoms with Crippen molar-refractivity contribution >= 4 is 5.65 Å². The molecule has 1 aliphatic rings. The first-order chi connectivity index (χ1) is 14.5. The molecule has 1 fully saturated rings. The predicted octanol–water partition coefficient (Wildman–Crippen LogP) is 4.66. The van der Waals surface area contributed by atoms with E-state index in [-0.39, 0.29) is 24.4 Å². The van der Waals surface area contributed by atoms with Gasteiger partial charge in [0.15, 0.2) is 11.5 Å². The zero-order valence-corrected chi connectivity index (χ0v) is 16.9. The van der Waals surface area contributed by atoms with Crippen molar-refractivity contribution in [3.8, 4) is 0 Å². The Hall–Kier alpha value is -2.45. The molecule has 0 unspecified atom stereocenters. The molecule has 0 N–H and O–H groups in total. The Kier molecular flexibility index (Phi) is 6.06. The van der Waals surface area contributed by atoms with Gasteiger partial charge in [-0.15, -0.1) is 10.2 Å². The number of hydrogen-bond acceptors (Lipinski definition) is 4. The first kappa shape index (κ1) is 20.8. The van der Waals surface area contributed by atoms with Gasteiger partial charge in [-0.2, -0.15) is 13.2 Å². The van der Waals surface area contributed by atoms with Crippen LogP contribution in [0.2, 0.25) is 0 Å². The third kappa shape index (κ3) is 4.34. The first-order valence-corrected chi connectivity index (χ1v) is 10.2. The maximum absolute atomic E-state index is 13.9. The number of pyridine rings is 1. The highest BCUT2D eigenvalue weighted by Gasteiger charge is 2.38. The normalized spacial score (nSPS) is 16.4. The Balaban J connectivity index is 1.54. The Labute approximate surface area is 173 Å². The number of piperidine rings is 1. The van der Waals surface area contributed by atoms with Crippen LogP contribution in [0.1, 0.15) is 48.2 Å². The maximum Gasteiger partial charge on any atom is 0.420 e. The van der Waals surface area contributed by atoms with Gasteiger partial charge in [0.25, 0.3) is 0 Å². The molecule has 0 atom stereocenters. The highest BCUT2D eigenvalue weighted by Crippen LogP contribution is 2.36. The number of rotatable bonds is 6. The molecule has 1 aromatic carbocycles. The summed E-state index contributed by atoms with van der Waals surface area (Å²) >= 11 is 0. The van der Waals surface area contributed by atoms with Crippen LogP contribution in [0.5, 0.6) is 0 Å². The van der Waals surface area contributed by atoms with Crippen LogP contribution in [-0.4, -0.2) is 39.2 Å². The van der Waals surface area contributed by atoms with Crippen molar-refractivity contribution in [2.45, 2.75) is 45.0 Å². The minimum Gasteiger partial charge on any atom is -0.374 e. The number of hydrogen-bond donors (Lipinski definition) is 0. The van der Waals surface area contributed by atoms with Crippen LogP contribution in [0.15, 0.2) is 42.6 Å². The lowest BCUT2D eigenvalue weighted by Gasteiger charge is -2.32. The van der Waals surface area contributed by atoms with E-state index >= 15 is 0 Å². The van der Waals surface area contributed by atoms with Crippen molar-refractivity contribution in [1.29, 1.82) is 0 Å². The van der Waals surface area contributed by atoms with Crippen molar-refractivity contribution in [3.05, 3.63) is 65.1 Å². The van der Waals surface area contributed by atoms with Gasteiger partial charge in [0.1, 0.15) is 12.2 Å². The van der Waals surface area contributed by atoms with Crippen LogP contribution < -0.4 is 0 Å². The Morgan fingerprint density at radius 3 is 2.47 bits per heavy atom. The van der Waals surface area contributed by atoms with E-state index in [9.17, 15) is 13.2 Å². The summed E-state index contributed by atoms with van der Waals surface area (Å²) in [5.41, 5.74) is 0.683. The van der Waals surface area contributed by atoms with Crippen molar-refractivity contribution in [1.82, 2.24) is 19.5 Å². The zero-order chi connectivity index (χ0) is 21.1. The number of benzene rings is 1. The second-order valence-corrected chi connectivity index (χ2v) is 7.62. The molecule has 0 amide bonds. The summed E-state index contributed by atoms with van der Waals surface area (Å²) in [6.07, 6.45) is -1.00. The minimum absolute atomic E-state index is 0.126. The van der Waals surface area contributed by atoms with Gasteiger partial charge in [0, 0.05) is 19.3 Å². The molecule has 4 rings (SSSR count). The first-order valence-electron chi connectivity index (χ1n) is 10.2. The Morgan fingerprint density at radius 2 is 1.80 bits per heavy atom. The number of ether oxygens (including phenoxy) is 1. The summed E-state index contributed by atoms with van der Waals surface area (Å²) in [6.45, 7) is 4.19. The van der Waals surface area contributed by atoms with Gasteiger partial charge in [-0.3, -0.25) is 9.30 Å². The molecule has 5 nitrogen and oxygen atoms in total. The second-order valence-electron chi connectivity index (χ2n) is 7.62. The predicted molar refractivity (Wildman–Crippen MR) is 107 cm³/mol. The Morgan fingerprint density at radius 1 is 1.07 bits per heavy atom. The summed E-state index contributed by atoms with van der Waals surface area (Å²) in [4.78, 5) is 2.10. The zero-order valence-electron chi connectivity index (χ0n) is 16.9. The molecular weight excluding hydrogens is 393 g/mol. The van der Waals surface area contributed by atoms with Crippen LogP contribution in [0.3, 0.4) is 0 Å². The third-order valence-corrected chi connectivity index (χ3v) is 5.71. The maximum atomic E-state index is 13.9. The van der Waals surface area contributed by atoms with E-state index in [0.717, 1.165) is 25.9 Å². The summed E-state index contributed by atoms with van der Waals surface area (Å²) in [5, 5.41) is 7.75. The van der Waals surface area contributed by atoms with Crippen molar-refractivity contribution in [3.63, 3.8) is 0 Å². The molecule has 0 radical (unpaired) electrons. The standard InChI is InChI=1S/C22H25F3N4O/c1-2-30-15-19-26-27-21-20(22(23,24)25)18(10-13-29(19)21)14-28-11-8-17(9-12-28)16-6-4-3-5-7-16/h3-7,10,13,17H,2,8-9,11-12,14-15H2,1H3. The summed E-state index contributed by atoms with van der Waals surface area (Å²) in [5.74, 6) is 0.831. The number of likely N-dealkylation sites (tertiary alicyclic amines) is 1. The number of halogens is 3. The molecule has 2 aromatic heterocycles. The molecule has 0 aliphatic carbocycles. The van der Waals surface area contributed by atoms with Gasteiger partial charge in [-0.05, 0) is 56.0 Å². The van der Waals surface area contributed by atoms with Gasteiger partial charge in [-0.25, -0.2) is 0 Å². The Bertz CT molecular complexity index is 979. The van der Waals surface area contributed by atoms with E-state index < -0.39 is 11.7 Å². The monoisotopic (exact) mass is 418 g/mol. The third-order valence-electron chi connectivity index (χ3n) is 5.71. The minimum atomic E-state index is -4.50. The van der Waals surface area contributed by atoms with Crippen LogP contribution in [0, 0.1) is 0 Å². The average molecular weight is 418 g/mol. The van der Waals surface area contributed by atoms with E-state index in [1.54, 1.807) is 6.20 Å². The largest absolute Gasteiger partial charge is 0.420 e. The fraction of sp³-hybridized carbons (Fsp3) is 0.455. The highest BCUT2D eigenvalue weighted by atomic mass is 19.4. The van der Waals surface area contributed by atoms with Crippen LogP contribution in [-0.2, 0) is 24.1 Å². The molecule has 0 spiro atoms. The fourth-order valence-electron chi connectivity index (χ4n) is 4.17. The van der Waals surface area contributed by atoms with Gasteiger partial charge in [0.05, 0.1) is 0 Å². The topological polar surface area (TPSA) is 42.7 Å². The van der Waals surface area contributed by atoms with Gasteiger partial charge in [-0.1, -0.05) is 30.3 Å². The van der Waals surface area contributed by atoms with E-state index in [1.807, 2.05) is 25.1 Å². The summed E-state index contributed by atoms with van der Waals surface area (Å²) < 4.78 is 48.5. The fourth-order valence-corrected chi connectivity index (χ4v) is 4.17. The number of nitrogens with zero attached hydrogens (tertiary/aromatic N) is 4. The van der Waals surface area contributed by atoms with Gasteiger partial charge in [0.2, 0.25) is 0 Å². The molecule has 30 heavy (non-hydrogen) atoms. The van der Waals surface area contributed by atoms with Crippen molar-refractivity contribution in [2.24, 2.45) is 0 Å². The van der Waals surface area contributed by atoms with Crippen molar-refractivity contribution in [2.75, 3.05) is 19.7 Å². The SMILES string of the molecule is CCOCc1nnc2c(C(F)(F)F)c(CN3CCC(c4ccccc4)CC3)ccn12. The molecule has 0 saturated carbocycles. The number of fused-ring (bicyclic) bond motifs is 1. The molecule has 3 aromatic rings. The van der Waals surface area contributed by atoms with Crippen LogP contribution in [0.25, 0.3) is 5.65 Å². The number of alkyl halides is 3. The average Bonchev–Trinajstić information content (AvgIpc) is 3.15. The highest BCUT2D eigenvalue weighted by molar-refractivity contribution is 5.53. The van der Waals surface area contributed by atoms with E-state index in [0.29, 0.717) is 18.3 Å². The molecule has 160 valence electrons. The van der Waals surface area contributed by atoms with Gasteiger partial charge >= 0.3 is 6.18 Å². The summed E-state index contributed by atoms with van der Waals surface area (Å²) in [7, 11) is 0. The van der Waals surface area contributed by atoms with E-state index in [4.69, 9.17) is 4.74 Å². The van der Waals surface area contributed by atoms with Crippen molar-refractivity contribution < 1.29 is 17.9 Å². The van der Waals surface area contributed by atoms with Crippen LogP contribution in [0.4, 0.5) is 13.2 Å². The lowest BCUT2D eigenvalue weighted by atomic mass is 9.89. The summed E-state index contributed by atoms with van der Waals surface area (Å²) in [6, 6.07) is 11.9. The molecule has 1 aliphatic heterocycles. The lowest BCUT2D eigenvalue weighted by Crippen LogP contribution is -2.33. The smallest absolute Gasteiger partial charge is 0.374 e. The number of aromatic nitrogens is 3.